The summed E-state index contributed by atoms with van der Waals surface area (Å²) in [6.45, 7) is 5.88. The summed E-state index contributed by atoms with van der Waals surface area (Å²) in [5.74, 6) is -0.438. The van der Waals surface area contributed by atoms with Crippen molar-refractivity contribution in [2.24, 2.45) is 0 Å². The van der Waals surface area contributed by atoms with Gasteiger partial charge in [0.25, 0.3) is 11.8 Å². The zero-order valence-electron chi connectivity index (χ0n) is 15.1. The van der Waals surface area contributed by atoms with Crippen LogP contribution in [0.15, 0.2) is 48.7 Å². The molecule has 0 aliphatic rings. The number of carbonyl (C=O) groups excluding carboxylic acids is 2. The van der Waals surface area contributed by atoms with Crippen molar-refractivity contribution in [3.8, 4) is 0 Å². The second-order valence-corrected chi connectivity index (χ2v) is 6.35. The predicted octanol–water partition coefficient (Wildman–Crippen LogP) is 3.42. The van der Waals surface area contributed by atoms with Crippen molar-refractivity contribution in [1.29, 1.82) is 0 Å². The molecule has 0 spiro atoms. The van der Waals surface area contributed by atoms with E-state index < -0.39 is 0 Å². The third-order valence-electron chi connectivity index (χ3n) is 4.23. The molecule has 0 saturated heterocycles. The Morgan fingerprint density at radius 3 is 2.69 bits per heavy atom. The molecule has 0 aliphatic heterocycles. The molecule has 0 saturated carbocycles. The Labute approximate surface area is 152 Å². The van der Waals surface area contributed by atoms with Crippen LogP contribution in [0.1, 0.15) is 46.9 Å². The van der Waals surface area contributed by atoms with E-state index in [0.29, 0.717) is 11.2 Å². The van der Waals surface area contributed by atoms with Crippen molar-refractivity contribution in [2.75, 3.05) is 5.32 Å². The van der Waals surface area contributed by atoms with E-state index in [1.807, 2.05) is 51.1 Å². The van der Waals surface area contributed by atoms with Crippen molar-refractivity contribution in [2.45, 2.75) is 33.2 Å². The first-order valence-electron chi connectivity index (χ1n) is 8.65. The van der Waals surface area contributed by atoms with Gasteiger partial charge in [-0.1, -0.05) is 25.1 Å². The molecule has 134 valence electrons. The minimum Gasteiger partial charge on any atom is -0.347 e. The Morgan fingerprint density at radius 2 is 1.96 bits per heavy atom. The van der Waals surface area contributed by atoms with E-state index in [9.17, 15) is 9.59 Å². The number of rotatable bonds is 5. The predicted molar refractivity (Wildman–Crippen MR) is 102 cm³/mol. The topological polar surface area (TPSA) is 75.5 Å². The Balaban J connectivity index is 1.96. The van der Waals surface area contributed by atoms with Crippen LogP contribution in [0.3, 0.4) is 0 Å². The summed E-state index contributed by atoms with van der Waals surface area (Å²) >= 11 is 0. The molecule has 1 aromatic carbocycles. The fourth-order valence-corrected chi connectivity index (χ4v) is 2.67. The molecule has 0 bridgehead atoms. The number of nitrogens with zero attached hydrogens (tertiary/aromatic N) is 2. The molecule has 26 heavy (non-hydrogen) atoms. The molecule has 2 aromatic heterocycles. The molecule has 0 fully saturated rings. The molecule has 1 unspecified atom stereocenters. The summed E-state index contributed by atoms with van der Waals surface area (Å²) in [5, 5.41) is 5.74. The van der Waals surface area contributed by atoms with Crippen molar-refractivity contribution in [3.05, 3.63) is 65.7 Å². The molecule has 6 nitrogen and oxygen atoms in total. The third kappa shape index (κ3) is 3.59. The normalized spacial score (nSPS) is 12.0. The van der Waals surface area contributed by atoms with Crippen molar-refractivity contribution < 1.29 is 9.59 Å². The number of hydrogen-bond acceptors (Lipinski definition) is 3. The molecule has 2 amide bonds. The monoisotopic (exact) mass is 350 g/mol. The van der Waals surface area contributed by atoms with E-state index in [1.165, 1.54) is 0 Å². The van der Waals surface area contributed by atoms with Crippen LogP contribution in [0, 0.1) is 6.92 Å². The highest BCUT2D eigenvalue weighted by Gasteiger charge is 2.22. The fraction of sp³-hybridized carbons (Fsp3) is 0.250. The zero-order valence-corrected chi connectivity index (χ0v) is 15.1. The van der Waals surface area contributed by atoms with E-state index in [0.717, 1.165) is 12.0 Å². The maximum atomic E-state index is 12.7. The number of amides is 2. The molecule has 0 aliphatic carbocycles. The van der Waals surface area contributed by atoms with E-state index in [1.54, 1.807) is 22.7 Å². The summed E-state index contributed by atoms with van der Waals surface area (Å²) in [7, 11) is 0. The van der Waals surface area contributed by atoms with Crippen molar-refractivity contribution >= 4 is 23.0 Å². The Bertz CT molecular complexity index is 961. The van der Waals surface area contributed by atoms with Gasteiger partial charge in [-0.25, -0.2) is 4.98 Å². The highest BCUT2D eigenvalue weighted by atomic mass is 16.2. The van der Waals surface area contributed by atoms with Gasteiger partial charge in [0.1, 0.15) is 0 Å². The Morgan fingerprint density at radius 1 is 1.15 bits per heavy atom. The number of nitrogens with one attached hydrogen (secondary N) is 2. The molecule has 2 N–H and O–H groups in total. The minimum atomic E-state index is -0.345. The van der Waals surface area contributed by atoms with Gasteiger partial charge >= 0.3 is 0 Å². The second kappa shape index (κ2) is 7.39. The third-order valence-corrected chi connectivity index (χ3v) is 4.23. The van der Waals surface area contributed by atoms with E-state index >= 15 is 0 Å². The van der Waals surface area contributed by atoms with Gasteiger partial charge in [-0.15, -0.1) is 0 Å². The molecule has 2 heterocycles. The highest BCUT2D eigenvalue weighted by Crippen LogP contribution is 2.17. The van der Waals surface area contributed by atoms with Crippen LogP contribution in [0.5, 0.6) is 0 Å². The SMILES string of the molecule is CCC(C)NC(=O)c1nc(C(=O)Nc2cccc(C)c2)c2ccccn12. The number of imidazole rings is 1. The standard InChI is InChI=1S/C20H22N4O2/c1-4-14(3)21-20(26)18-23-17(16-10-5-6-11-24(16)18)19(25)22-15-9-7-8-13(2)12-15/h5-12,14H,4H2,1-3H3,(H,21,26)(H,22,25). The van der Waals surface area contributed by atoms with Crippen molar-refractivity contribution in [3.63, 3.8) is 0 Å². The van der Waals surface area contributed by atoms with Gasteiger partial charge in [-0.3, -0.25) is 14.0 Å². The van der Waals surface area contributed by atoms with Gasteiger partial charge in [0, 0.05) is 17.9 Å². The molecular weight excluding hydrogens is 328 g/mol. The maximum absolute atomic E-state index is 12.7. The number of pyridine rings is 1. The fourth-order valence-electron chi connectivity index (χ4n) is 2.67. The maximum Gasteiger partial charge on any atom is 0.287 e. The molecule has 0 radical (unpaired) electrons. The first kappa shape index (κ1) is 17.7. The van der Waals surface area contributed by atoms with Gasteiger partial charge in [0.15, 0.2) is 5.69 Å². The quantitative estimate of drug-likeness (QED) is 0.740. The summed E-state index contributed by atoms with van der Waals surface area (Å²) in [6.07, 6.45) is 2.55. The number of anilines is 1. The van der Waals surface area contributed by atoms with Gasteiger partial charge in [0.2, 0.25) is 5.82 Å². The number of aromatic nitrogens is 2. The lowest BCUT2D eigenvalue weighted by molar-refractivity contribution is 0.0928. The first-order chi connectivity index (χ1) is 12.5. The minimum absolute atomic E-state index is 0.0307. The summed E-state index contributed by atoms with van der Waals surface area (Å²) in [4.78, 5) is 29.6. The Kier molecular flexibility index (Phi) is 5.02. The summed E-state index contributed by atoms with van der Waals surface area (Å²) in [6, 6.07) is 13.0. The largest absolute Gasteiger partial charge is 0.347 e. The van der Waals surface area contributed by atoms with E-state index in [-0.39, 0.29) is 29.4 Å². The molecule has 3 aromatic rings. The van der Waals surface area contributed by atoms with Crippen LogP contribution in [0.2, 0.25) is 0 Å². The number of carbonyl (C=O) groups is 2. The van der Waals surface area contributed by atoms with Crippen LogP contribution < -0.4 is 10.6 Å². The van der Waals surface area contributed by atoms with Gasteiger partial charge in [0.05, 0.1) is 5.52 Å². The number of hydrogen-bond donors (Lipinski definition) is 2. The molecular formula is C20H22N4O2. The Hall–Kier alpha value is -3.15. The van der Waals surface area contributed by atoms with Gasteiger partial charge < -0.3 is 10.6 Å². The van der Waals surface area contributed by atoms with Crippen LogP contribution >= 0.6 is 0 Å². The van der Waals surface area contributed by atoms with Crippen LogP contribution in [-0.4, -0.2) is 27.2 Å². The zero-order chi connectivity index (χ0) is 18.7. The lowest BCUT2D eigenvalue weighted by atomic mass is 10.2. The first-order valence-corrected chi connectivity index (χ1v) is 8.65. The summed E-state index contributed by atoms with van der Waals surface area (Å²) in [5.41, 5.74) is 2.55. The van der Waals surface area contributed by atoms with Gasteiger partial charge in [-0.05, 0) is 50.1 Å². The summed E-state index contributed by atoms with van der Waals surface area (Å²) < 4.78 is 1.64. The molecule has 6 heteroatoms. The second-order valence-electron chi connectivity index (χ2n) is 6.35. The van der Waals surface area contributed by atoms with E-state index in [4.69, 9.17) is 0 Å². The number of benzene rings is 1. The van der Waals surface area contributed by atoms with Crippen LogP contribution in [-0.2, 0) is 0 Å². The molecule has 3 rings (SSSR count). The smallest absolute Gasteiger partial charge is 0.287 e. The lowest BCUT2D eigenvalue weighted by Crippen LogP contribution is -2.33. The van der Waals surface area contributed by atoms with E-state index in [2.05, 4.69) is 15.6 Å². The average molecular weight is 350 g/mol. The number of aryl methyl sites for hydroxylation is 1. The van der Waals surface area contributed by atoms with Crippen LogP contribution in [0.25, 0.3) is 5.52 Å². The lowest BCUT2D eigenvalue weighted by Gasteiger charge is -2.10. The average Bonchev–Trinajstić information content (AvgIpc) is 3.01. The van der Waals surface area contributed by atoms with Gasteiger partial charge in [-0.2, -0.15) is 0 Å². The molecule has 1 atom stereocenters. The van der Waals surface area contributed by atoms with Crippen LogP contribution in [0.4, 0.5) is 5.69 Å². The number of fused-ring (bicyclic) bond motifs is 1. The highest BCUT2D eigenvalue weighted by molar-refractivity contribution is 6.09. The van der Waals surface area contributed by atoms with Crippen molar-refractivity contribution in [1.82, 2.24) is 14.7 Å².